The van der Waals surface area contributed by atoms with Crippen LogP contribution in [0.2, 0.25) is 0 Å². The van der Waals surface area contributed by atoms with Gasteiger partial charge in [-0.25, -0.2) is 0 Å². The van der Waals surface area contributed by atoms with Gasteiger partial charge in [0.1, 0.15) is 0 Å². The number of fused-ring (bicyclic) bond motifs is 3. The topological polar surface area (TPSA) is 21.1 Å². The molecule has 0 saturated carbocycles. The lowest BCUT2D eigenvalue weighted by Crippen LogP contribution is -2.27. The Morgan fingerprint density at radius 2 is 2.12 bits per heavy atom. The Kier molecular flexibility index (Phi) is 1.98. The van der Waals surface area contributed by atoms with Crippen LogP contribution in [0.3, 0.4) is 0 Å². The van der Waals surface area contributed by atoms with Crippen molar-refractivity contribution >= 4 is 10.9 Å². The first-order chi connectivity index (χ1) is 15.4. The molecule has 3 nitrogen and oxygen atoms in total. The van der Waals surface area contributed by atoms with Crippen molar-refractivity contribution in [3.8, 4) is 0 Å². The average molecular weight is 330 g/mol. The van der Waals surface area contributed by atoms with Crippen LogP contribution in [0.5, 0.6) is 0 Å². The van der Waals surface area contributed by atoms with Gasteiger partial charge in [-0.15, -0.1) is 0 Å². The van der Waals surface area contributed by atoms with Crippen molar-refractivity contribution in [3.63, 3.8) is 0 Å². The number of likely N-dealkylation sites (N-methyl/N-ethyl adjacent to an activating group) is 1. The van der Waals surface area contributed by atoms with Crippen molar-refractivity contribution in [2.45, 2.75) is 39.6 Å². The highest BCUT2D eigenvalue weighted by molar-refractivity contribution is 5.86. The zero-order valence-electron chi connectivity index (χ0n) is 23.8. The Morgan fingerprint density at radius 1 is 1.25 bits per heavy atom. The Morgan fingerprint density at radius 3 is 2.92 bits per heavy atom. The van der Waals surface area contributed by atoms with Crippen LogP contribution in [-0.2, 0) is 25.7 Å². The minimum atomic E-state index is -2.94. The molecule has 0 amide bonds. The van der Waals surface area contributed by atoms with Crippen molar-refractivity contribution in [3.05, 3.63) is 64.6 Å². The molecule has 0 saturated heterocycles. The lowest BCUT2D eigenvalue weighted by atomic mass is 10.0. The number of hydrogen-bond acceptors (Lipinski definition) is 2. The zero-order valence-corrected chi connectivity index (χ0v) is 13.8. The van der Waals surface area contributed by atoms with E-state index in [0.717, 1.165) is 11.6 Å². The lowest BCUT2D eigenvalue weighted by Gasteiger charge is -2.24. The van der Waals surface area contributed by atoms with Crippen molar-refractivity contribution in [1.82, 2.24) is 14.5 Å². The molecule has 0 fully saturated rings. The standard InChI is InChI=1S/C21H25N3/c1-15-4-7-20-18(12-15)19-14-23(3)10-9-21(19)24(20)11-8-17-6-5-16(2)22-13-17/h4-7,12-13H,8-11,14H2,1-3H3/i8D2,9D2,10D2,11D2,14D2. The summed E-state index contributed by atoms with van der Waals surface area (Å²) in [6.07, 6.45) is -4.39. The fourth-order valence-corrected chi connectivity index (χ4v) is 2.75. The Hall–Kier alpha value is -2.13. The molecule has 3 aromatic rings. The summed E-state index contributed by atoms with van der Waals surface area (Å²) in [6, 6.07) is 7.68. The average Bonchev–Trinajstić information content (AvgIpc) is 3.09. The molecule has 0 atom stereocenters. The molecule has 0 N–H and O–H groups in total. The fourth-order valence-electron chi connectivity index (χ4n) is 2.75. The van der Waals surface area contributed by atoms with E-state index < -0.39 is 37.9 Å². The number of benzene rings is 1. The van der Waals surface area contributed by atoms with Crippen LogP contribution in [0.15, 0.2) is 36.5 Å². The summed E-state index contributed by atoms with van der Waals surface area (Å²) in [7, 11) is 1.14. The van der Waals surface area contributed by atoms with Gasteiger partial charge in [0, 0.05) is 65.3 Å². The first-order valence-corrected chi connectivity index (χ1v) is 7.73. The van der Waals surface area contributed by atoms with E-state index in [-0.39, 0.29) is 22.0 Å². The van der Waals surface area contributed by atoms with Crippen molar-refractivity contribution in [2.24, 2.45) is 0 Å². The van der Waals surface area contributed by atoms with Gasteiger partial charge in [0.2, 0.25) is 0 Å². The largest absolute Gasteiger partial charge is 0.344 e. The summed E-state index contributed by atoms with van der Waals surface area (Å²) >= 11 is 0. The summed E-state index contributed by atoms with van der Waals surface area (Å²) in [5.41, 5.74) is 0.547. The minimum absolute atomic E-state index is 0.0726. The van der Waals surface area contributed by atoms with Gasteiger partial charge in [0.15, 0.2) is 0 Å². The number of aryl methyl sites for hydroxylation is 4. The minimum Gasteiger partial charge on any atom is -0.344 e. The molecule has 0 aliphatic carbocycles. The molecular formula is C21H25N3. The SMILES string of the molecule is [2H]C1([2H])c2c(n(C([2H])([2H])C([2H])([2H])c3ccc(C)nc3)c3ccc(C)cc23)C([2H])([2H])C([2H])([2H])N1C. The number of rotatable bonds is 3. The van der Waals surface area contributed by atoms with Crippen molar-refractivity contribution in [1.29, 1.82) is 0 Å². The second-order valence-corrected chi connectivity index (χ2v) is 5.91. The lowest BCUT2D eigenvalue weighted by molar-refractivity contribution is 0.309. The zero-order chi connectivity index (χ0) is 25.6. The van der Waals surface area contributed by atoms with Gasteiger partial charge in [0.05, 0.1) is 2.74 Å². The molecule has 1 aliphatic heterocycles. The van der Waals surface area contributed by atoms with E-state index in [4.69, 9.17) is 13.7 Å². The Bertz CT molecular complexity index is 1280. The number of hydrogen-bond donors (Lipinski definition) is 0. The van der Waals surface area contributed by atoms with Crippen molar-refractivity contribution in [2.75, 3.05) is 13.5 Å². The maximum absolute atomic E-state index is 8.94. The molecule has 0 unspecified atom stereocenters. The molecule has 3 heterocycles. The first kappa shape index (κ1) is 7.83. The van der Waals surface area contributed by atoms with E-state index in [1.165, 1.54) is 18.3 Å². The molecule has 1 aromatic carbocycles. The molecule has 1 aliphatic rings. The highest BCUT2D eigenvalue weighted by Gasteiger charge is 2.22. The molecule has 4 rings (SSSR count). The fraction of sp³-hybridized carbons (Fsp3) is 0.381. The molecule has 0 bridgehead atoms. The van der Waals surface area contributed by atoms with Gasteiger partial charge in [-0.3, -0.25) is 4.98 Å². The van der Waals surface area contributed by atoms with E-state index in [2.05, 4.69) is 4.98 Å². The van der Waals surface area contributed by atoms with Gasteiger partial charge in [-0.2, -0.15) is 0 Å². The summed E-state index contributed by atoms with van der Waals surface area (Å²) in [5.74, 6) is 0. The third kappa shape index (κ3) is 2.73. The molecule has 124 valence electrons. The number of aromatic nitrogens is 2. The van der Waals surface area contributed by atoms with E-state index in [9.17, 15) is 0 Å². The molecule has 24 heavy (non-hydrogen) atoms. The van der Waals surface area contributed by atoms with Crippen LogP contribution >= 0.6 is 0 Å². The summed E-state index contributed by atoms with van der Waals surface area (Å²) in [5, 5.41) is 0.202. The Labute approximate surface area is 158 Å². The molecule has 2 aromatic heterocycles. The second-order valence-electron chi connectivity index (χ2n) is 5.91. The monoisotopic (exact) mass is 329 g/mol. The van der Waals surface area contributed by atoms with E-state index >= 15 is 0 Å². The van der Waals surface area contributed by atoms with E-state index in [1.807, 2.05) is 0 Å². The van der Waals surface area contributed by atoms with Crippen LogP contribution in [0, 0.1) is 13.8 Å². The van der Waals surface area contributed by atoms with Crippen LogP contribution in [0.4, 0.5) is 0 Å². The molecule has 3 heteroatoms. The highest BCUT2D eigenvalue weighted by atomic mass is 15.1. The van der Waals surface area contributed by atoms with Gasteiger partial charge < -0.3 is 9.47 Å². The van der Waals surface area contributed by atoms with Crippen molar-refractivity contribution < 1.29 is 13.7 Å². The van der Waals surface area contributed by atoms with Crippen LogP contribution < -0.4 is 0 Å². The third-order valence-electron chi connectivity index (χ3n) is 3.97. The Balaban J connectivity index is 2.16. The maximum Gasteiger partial charge on any atom is 0.0501 e. The van der Waals surface area contributed by atoms with Gasteiger partial charge in [-0.05, 0) is 56.6 Å². The predicted molar refractivity (Wildman–Crippen MR) is 99.4 cm³/mol. The van der Waals surface area contributed by atoms with Crippen LogP contribution in [-0.4, -0.2) is 28.0 Å². The normalized spacial score (nSPS) is 28.6. The summed E-state index contributed by atoms with van der Waals surface area (Å²) in [6.45, 7) is -4.85. The van der Waals surface area contributed by atoms with Crippen LogP contribution in [0.1, 0.15) is 41.8 Å². The first-order valence-electron chi connectivity index (χ1n) is 12.7. The van der Waals surface area contributed by atoms with Gasteiger partial charge in [0.25, 0.3) is 0 Å². The third-order valence-corrected chi connectivity index (χ3v) is 3.97. The van der Waals surface area contributed by atoms with E-state index in [0.29, 0.717) is 16.2 Å². The summed E-state index contributed by atoms with van der Waals surface area (Å²) in [4.78, 5) is 4.74. The van der Waals surface area contributed by atoms with E-state index in [1.54, 1.807) is 32.0 Å². The highest BCUT2D eigenvalue weighted by Crippen LogP contribution is 2.31. The second kappa shape index (κ2) is 6.06. The molecule has 0 spiro atoms. The van der Waals surface area contributed by atoms with Gasteiger partial charge in [-0.1, -0.05) is 17.7 Å². The molecular weight excluding hydrogens is 294 g/mol. The predicted octanol–water partition coefficient (Wildman–Crippen LogP) is 3.88. The summed E-state index contributed by atoms with van der Waals surface area (Å²) < 4.78 is 87.8. The molecule has 0 radical (unpaired) electrons. The maximum atomic E-state index is 8.94. The number of pyridine rings is 1. The quantitative estimate of drug-likeness (QED) is 0.727. The van der Waals surface area contributed by atoms with Crippen LogP contribution in [0.25, 0.3) is 10.9 Å². The smallest absolute Gasteiger partial charge is 0.0501 e. The van der Waals surface area contributed by atoms with Gasteiger partial charge >= 0.3 is 0 Å². The number of nitrogens with zero attached hydrogens (tertiary/aromatic N) is 3.